The standard InChI is InChI=1S/C25H17F4N5O.ClH/c26-19-10-9-17(23(31)16-6-2-1-3-7-16)12-20(19)32-24(35)21-13-22(25(27,28)29)33-34(21)18-8-4-5-15(11-18)14-30;/h1-13,23H,31H2,(H,32,35);1H. The van der Waals surface area contributed by atoms with Crippen molar-refractivity contribution in [2.75, 3.05) is 5.32 Å². The highest BCUT2D eigenvalue weighted by Crippen LogP contribution is 2.30. The lowest BCUT2D eigenvalue weighted by molar-refractivity contribution is -0.141. The van der Waals surface area contributed by atoms with E-state index >= 15 is 0 Å². The summed E-state index contributed by atoms with van der Waals surface area (Å²) in [5.74, 6) is -1.82. The van der Waals surface area contributed by atoms with Crippen molar-refractivity contribution in [1.29, 1.82) is 5.26 Å². The molecular formula is C25H18ClF4N5O. The topological polar surface area (TPSA) is 96.7 Å². The molecule has 3 N–H and O–H groups in total. The second kappa shape index (κ2) is 10.6. The smallest absolute Gasteiger partial charge is 0.320 e. The monoisotopic (exact) mass is 515 g/mol. The molecule has 4 aromatic rings. The van der Waals surface area contributed by atoms with Gasteiger partial charge in [0.2, 0.25) is 0 Å². The number of hydrogen-bond donors (Lipinski definition) is 2. The predicted octanol–water partition coefficient (Wildman–Crippen LogP) is 5.62. The number of nitrogens with one attached hydrogen (secondary N) is 1. The van der Waals surface area contributed by atoms with E-state index in [1.807, 2.05) is 12.1 Å². The number of alkyl halides is 3. The Morgan fingerprint density at radius 1 is 1.00 bits per heavy atom. The van der Waals surface area contributed by atoms with Gasteiger partial charge in [-0.05, 0) is 41.5 Å². The van der Waals surface area contributed by atoms with E-state index in [1.165, 1.54) is 36.4 Å². The van der Waals surface area contributed by atoms with Crippen molar-refractivity contribution >= 4 is 24.0 Å². The Kier molecular flexibility index (Phi) is 7.77. The fraction of sp³-hybridized carbons (Fsp3) is 0.0800. The summed E-state index contributed by atoms with van der Waals surface area (Å²) in [6.45, 7) is 0. The SMILES string of the molecule is Cl.N#Cc1cccc(-n2nc(C(F)(F)F)cc2C(=O)Nc2cc(C(N)c3ccccc3)ccc2F)c1. The van der Waals surface area contributed by atoms with Crippen LogP contribution in [0.4, 0.5) is 23.2 Å². The summed E-state index contributed by atoms with van der Waals surface area (Å²) in [5, 5.41) is 14.9. The summed E-state index contributed by atoms with van der Waals surface area (Å²) in [4.78, 5) is 13.0. The van der Waals surface area contributed by atoms with Gasteiger partial charge in [-0.1, -0.05) is 42.5 Å². The molecule has 6 nitrogen and oxygen atoms in total. The number of hydrogen-bond acceptors (Lipinski definition) is 4. The van der Waals surface area contributed by atoms with Gasteiger partial charge in [-0.3, -0.25) is 4.79 Å². The number of benzene rings is 3. The van der Waals surface area contributed by atoms with Crippen molar-refractivity contribution in [2.24, 2.45) is 5.73 Å². The molecular weight excluding hydrogens is 498 g/mol. The highest BCUT2D eigenvalue weighted by molar-refractivity contribution is 6.03. The average molecular weight is 516 g/mol. The van der Waals surface area contributed by atoms with Crippen molar-refractivity contribution in [2.45, 2.75) is 12.2 Å². The summed E-state index contributed by atoms with van der Waals surface area (Å²) in [6.07, 6.45) is -4.83. The quantitative estimate of drug-likeness (QED) is 0.337. The van der Waals surface area contributed by atoms with E-state index in [0.29, 0.717) is 11.6 Å². The van der Waals surface area contributed by atoms with Crippen LogP contribution in [0, 0.1) is 17.1 Å². The van der Waals surface area contributed by atoms with Crippen molar-refractivity contribution in [3.05, 3.63) is 113 Å². The van der Waals surface area contributed by atoms with Crippen LogP contribution in [0.25, 0.3) is 5.69 Å². The molecule has 1 amide bonds. The number of carbonyl (C=O) groups excluding carboxylic acids is 1. The lowest BCUT2D eigenvalue weighted by Crippen LogP contribution is -2.18. The fourth-order valence-corrected chi connectivity index (χ4v) is 3.46. The first kappa shape index (κ1) is 26.4. The van der Waals surface area contributed by atoms with Gasteiger partial charge in [0.1, 0.15) is 11.5 Å². The number of carbonyl (C=O) groups is 1. The van der Waals surface area contributed by atoms with Crippen molar-refractivity contribution in [1.82, 2.24) is 9.78 Å². The molecule has 0 fully saturated rings. The summed E-state index contributed by atoms with van der Waals surface area (Å²) >= 11 is 0. The molecule has 1 unspecified atom stereocenters. The van der Waals surface area contributed by atoms with Gasteiger partial charge in [-0.2, -0.15) is 23.5 Å². The fourth-order valence-electron chi connectivity index (χ4n) is 3.46. The minimum absolute atomic E-state index is 0. The maximum atomic E-state index is 14.5. The van der Waals surface area contributed by atoms with Crippen LogP contribution >= 0.6 is 12.4 Å². The number of aromatic nitrogens is 2. The van der Waals surface area contributed by atoms with Crippen molar-refractivity contribution in [3.8, 4) is 11.8 Å². The van der Waals surface area contributed by atoms with Gasteiger partial charge in [-0.15, -0.1) is 12.4 Å². The molecule has 184 valence electrons. The van der Waals surface area contributed by atoms with Crippen LogP contribution in [-0.4, -0.2) is 15.7 Å². The predicted molar refractivity (Wildman–Crippen MR) is 127 cm³/mol. The summed E-state index contributed by atoms with van der Waals surface area (Å²) < 4.78 is 55.4. The zero-order valence-corrected chi connectivity index (χ0v) is 19.1. The molecule has 0 aliphatic heterocycles. The summed E-state index contributed by atoms with van der Waals surface area (Å²) in [5.41, 5.74) is 5.64. The molecule has 0 radical (unpaired) electrons. The van der Waals surface area contributed by atoms with Crippen LogP contribution in [0.15, 0.2) is 78.9 Å². The molecule has 4 rings (SSSR count). The summed E-state index contributed by atoms with van der Waals surface area (Å²) in [7, 11) is 0. The third kappa shape index (κ3) is 5.54. The van der Waals surface area contributed by atoms with E-state index < -0.39 is 35.3 Å². The minimum atomic E-state index is -4.83. The lowest BCUT2D eigenvalue weighted by atomic mass is 9.99. The van der Waals surface area contributed by atoms with Crippen LogP contribution in [-0.2, 0) is 6.18 Å². The van der Waals surface area contributed by atoms with E-state index in [0.717, 1.165) is 16.3 Å². The largest absolute Gasteiger partial charge is 0.435 e. The Morgan fingerprint density at radius 2 is 1.72 bits per heavy atom. The average Bonchev–Trinajstić information content (AvgIpc) is 3.32. The molecule has 0 saturated carbocycles. The number of halogens is 5. The van der Waals surface area contributed by atoms with Gasteiger partial charge in [0, 0.05) is 6.07 Å². The second-order valence-electron chi connectivity index (χ2n) is 7.57. The van der Waals surface area contributed by atoms with Crippen molar-refractivity contribution < 1.29 is 22.4 Å². The molecule has 0 saturated heterocycles. The molecule has 0 aliphatic carbocycles. The van der Waals surface area contributed by atoms with Crippen LogP contribution < -0.4 is 11.1 Å². The molecule has 0 bridgehead atoms. The van der Waals surface area contributed by atoms with Crippen molar-refractivity contribution in [3.63, 3.8) is 0 Å². The minimum Gasteiger partial charge on any atom is -0.320 e. The molecule has 0 spiro atoms. The zero-order chi connectivity index (χ0) is 25.2. The Labute approximate surface area is 209 Å². The van der Waals surface area contributed by atoms with Gasteiger partial charge in [0.15, 0.2) is 5.69 Å². The van der Waals surface area contributed by atoms with E-state index in [-0.39, 0.29) is 29.3 Å². The van der Waals surface area contributed by atoms with E-state index in [1.54, 1.807) is 24.3 Å². The van der Waals surface area contributed by atoms with E-state index in [2.05, 4.69) is 10.4 Å². The Morgan fingerprint density at radius 3 is 2.39 bits per heavy atom. The lowest BCUT2D eigenvalue weighted by Gasteiger charge is -2.15. The molecule has 1 atom stereocenters. The molecule has 36 heavy (non-hydrogen) atoms. The highest BCUT2D eigenvalue weighted by Gasteiger charge is 2.36. The first-order chi connectivity index (χ1) is 16.7. The highest BCUT2D eigenvalue weighted by atomic mass is 35.5. The summed E-state index contributed by atoms with van der Waals surface area (Å²) in [6, 6.07) is 20.3. The zero-order valence-electron chi connectivity index (χ0n) is 18.3. The van der Waals surface area contributed by atoms with E-state index in [9.17, 15) is 22.4 Å². The number of nitriles is 1. The molecule has 3 aromatic carbocycles. The van der Waals surface area contributed by atoms with Crippen LogP contribution in [0.1, 0.15) is 38.9 Å². The van der Waals surface area contributed by atoms with Gasteiger partial charge in [0.05, 0.1) is 29.0 Å². The number of amides is 1. The number of nitrogens with zero attached hydrogens (tertiary/aromatic N) is 3. The number of anilines is 1. The first-order valence-corrected chi connectivity index (χ1v) is 10.3. The first-order valence-electron chi connectivity index (χ1n) is 10.3. The Balaban J connectivity index is 0.00000361. The number of nitrogens with two attached hydrogens (primary N) is 1. The third-order valence-electron chi connectivity index (χ3n) is 5.21. The van der Waals surface area contributed by atoms with Gasteiger partial charge in [0.25, 0.3) is 5.91 Å². The maximum Gasteiger partial charge on any atom is 0.435 e. The maximum absolute atomic E-state index is 14.5. The molecule has 11 heteroatoms. The Hall–Kier alpha value is -4.20. The van der Waals surface area contributed by atoms with Crippen LogP contribution in [0.5, 0.6) is 0 Å². The molecule has 1 heterocycles. The normalized spacial score (nSPS) is 11.8. The molecule has 1 aromatic heterocycles. The number of rotatable bonds is 5. The molecule has 0 aliphatic rings. The van der Waals surface area contributed by atoms with Gasteiger partial charge < -0.3 is 11.1 Å². The van der Waals surface area contributed by atoms with Crippen LogP contribution in [0.2, 0.25) is 0 Å². The Bertz CT molecular complexity index is 1430. The second-order valence-corrected chi connectivity index (χ2v) is 7.57. The van der Waals surface area contributed by atoms with Gasteiger partial charge >= 0.3 is 6.18 Å². The van der Waals surface area contributed by atoms with Crippen LogP contribution in [0.3, 0.4) is 0 Å². The third-order valence-corrected chi connectivity index (χ3v) is 5.21. The van der Waals surface area contributed by atoms with Gasteiger partial charge in [-0.25, -0.2) is 9.07 Å². The van der Waals surface area contributed by atoms with E-state index in [4.69, 9.17) is 11.0 Å².